The molecule has 5 nitrogen and oxygen atoms in total. The highest BCUT2D eigenvalue weighted by atomic mass is 19.2. The Balaban J connectivity index is 1.51. The highest BCUT2D eigenvalue weighted by Gasteiger charge is 2.29. The van der Waals surface area contributed by atoms with E-state index in [-0.39, 0.29) is 11.8 Å². The minimum absolute atomic E-state index is 0.00148. The molecule has 1 aromatic heterocycles. The lowest BCUT2D eigenvalue weighted by Gasteiger charge is -2.33. The van der Waals surface area contributed by atoms with E-state index in [4.69, 9.17) is 0 Å². The van der Waals surface area contributed by atoms with Gasteiger partial charge in [-0.05, 0) is 49.4 Å². The third-order valence-electron chi connectivity index (χ3n) is 5.69. The summed E-state index contributed by atoms with van der Waals surface area (Å²) in [5.41, 5.74) is 0.0615. The van der Waals surface area contributed by atoms with Crippen LogP contribution in [-0.4, -0.2) is 53.3 Å². The van der Waals surface area contributed by atoms with Gasteiger partial charge in [-0.1, -0.05) is 6.07 Å². The van der Waals surface area contributed by atoms with E-state index >= 15 is 0 Å². The Morgan fingerprint density at radius 1 is 1.16 bits per heavy atom. The van der Waals surface area contributed by atoms with Crippen LogP contribution in [0.4, 0.5) is 13.2 Å². The zero-order valence-electron chi connectivity index (χ0n) is 17.5. The van der Waals surface area contributed by atoms with E-state index in [0.29, 0.717) is 51.4 Å². The summed E-state index contributed by atoms with van der Waals surface area (Å²) in [6.45, 7) is 1.20. The van der Waals surface area contributed by atoms with Crippen LogP contribution in [0.15, 0.2) is 36.5 Å². The fraction of sp³-hybridized carbons (Fsp3) is 0.435. The highest BCUT2D eigenvalue weighted by Crippen LogP contribution is 2.25. The number of amides is 2. The number of aromatic nitrogens is 1. The summed E-state index contributed by atoms with van der Waals surface area (Å²) in [7, 11) is 1.75. The Hall–Kier alpha value is -2.90. The molecule has 3 rings (SSSR count). The van der Waals surface area contributed by atoms with Crippen molar-refractivity contribution in [1.82, 2.24) is 14.8 Å². The molecule has 1 aromatic carbocycles. The standard InChI is InChI=1S/C23H26F3N3O2/c1-28(14-11-17-6-2-3-12-27-17)20(30)10-7-16-5-4-13-29(15-16)23(31)21-18(24)8-9-19(25)22(21)26/h2-3,6,8-9,12,16H,4-5,7,10-11,13-15H2,1H3/t16-/m1/s1. The van der Waals surface area contributed by atoms with Crippen LogP contribution in [-0.2, 0) is 11.2 Å². The summed E-state index contributed by atoms with van der Waals surface area (Å²) in [5.74, 6) is -4.59. The Labute approximate surface area is 179 Å². The number of carbonyl (C=O) groups excluding carboxylic acids is 2. The van der Waals surface area contributed by atoms with Crippen LogP contribution in [0.3, 0.4) is 0 Å². The van der Waals surface area contributed by atoms with Crippen molar-refractivity contribution in [3.8, 4) is 0 Å². The summed E-state index contributed by atoms with van der Waals surface area (Å²) >= 11 is 0. The number of pyridine rings is 1. The van der Waals surface area contributed by atoms with Crippen molar-refractivity contribution >= 4 is 11.8 Å². The molecule has 0 spiro atoms. The van der Waals surface area contributed by atoms with Crippen molar-refractivity contribution in [2.75, 3.05) is 26.7 Å². The second-order valence-corrected chi connectivity index (χ2v) is 7.90. The van der Waals surface area contributed by atoms with Gasteiger partial charge in [-0.15, -0.1) is 0 Å². The Morgan fingerprint density at radius 2 is 1.94 bits per heavy atom. The predicted octanol–water partition coefficient (Wildman–Crippen LogP) is 3.83. The summed E-state index contributed by atoms with van der Waals surface area (Å²) in [6, 6.07) is 7.08. The number of rotatable bonds is 7. The van der Waals surface area contributed by atoms with E-state index in [1.54, 1.807) is 18.1 Å². The normalized spacial score (nSPS) is 16.3. The Bertz CT molecular complexity index is 924. The molecule has 1 atom stereocenters. The maximum Gasteiger partial charge on any atom is 0.259 e. The smallest absolute Gasteiger partial charge is 0.259 e. The van der Waals surface area contributed by atoms with Gasteiger partial charge < -0.3 is 9.80 Å². The van der Waals surface area contributed by atoms with E-state index in [1.807, 2.05) is 18.2 Å². The molecule has 0 saturated carbocycles. The number of hydrogen-bond acceptors (Lipinski definition) is 3. The molecular weight excluding hydrogens is 407 g/mol. The SMILES string of the molecule is CN(CCc1ccccn1)C(=O)CC[C@H]1CCCN(C(=O)c2c(F)ccc(F)c2F)C1. The van der Waals surface area contributed by atoms with E-state index < -0.39 is 28.9 Å². The van der Waals surface area contributed by atoms with E-state index in [1.165, 1.54) is 4.90 Å². The van der Waals surface area contributed by atoms with Gasteiger partial charge in [-0.2, -0.15) is 0 Å². The zero-order valence-corrected chi connectivity index (χ0v) is 17.5. The maximum atomic E-state index is 14.0. The third-order valence-corrected chi connectivity index (χ3v) is 5.69. The van der Waals surface area contributed by atoms with Crippen LogP contribution in [0.5, 0.6) is 0 Å². The predicted molar refractivity (Wildman–Crippen MR) is 110 cm³/mol. The lowest BCUT2D eigenvalue weighted by Crippen LogP contribution is -2.41. The topological polar surface area (TPSA) is 53.5 Å². The summed E-state index contributed by atoms with van der Waals surface area (Å²) in [4.78, 5) is 32.3. The monoisotopic (exact) mass is 433 g/mol. The molecule has 2 heterocycles. The van der Waals surface area contributed by atoms with Gasteiger partial charge in [0.1, 0.15) is 11.4 Å². The second kappa shape index (κ2) is 10.4. The van der Waals surface area contributed by atoms with Gasteiger partial charge >= 0.3 is 0 Å². The number of likely N-dealkylation sites (N-methyl/N-ethyl adjacent to an activating group) is 1. The first-order valence-corrected chi connectivity index (χ1v) is 10.4. The van der Waals surface area contributed by atoms with E-state index in [2.05, 4.69) is 4.98 Å². The number of halogens is 3. The molecular formula is C23H26F3N3O2. The molecule has 0 radical (unpaired) electrons. The van der Waals surface area contributed by atoms with Crippen molar-refractivity contribution in [3.63, 3.8) is 0 Å². The van der Waals surface area contributed by atoms with Gasteiger partial charge in [0.15, 0.2) is 11.6 Å². The maximum absolute atomic E-state index is 14.0. The van der Waals surface area contributed by atoms with Crippen molar-refractivity contribution in [1.29, 1.82) is 0 Å². The molecule has 8 heteroatoms. The van der Waals surface area contributed by atoms with Crippen molar-refractivity contribution in [2.24, 2.45) is 5.92 Å². The molecule has 2 amide bonds. The number of likely N-dealkylation sites (tertiary alicyclic amines) is 1. The quantitative estimate of drug-likeness (QED) is 0.624. The van der Waals surface area contributed by atoms with Gasteiger partial charge in [0.05, 0.1) is 0 Å². The average molecular weight is 433 g/mol. The summed E-state index contributed by atoms with van der Waals surface area (Å²) < 4.78 is 41.4. The molecule has 0 aliphatic carbocycles. The summed E-state index contributed by atoms with van der Waals surface area (Å²) in [5, 5.41) is 0. The summed E-state index contributed by atoms with van der Waals surface area (Å²) in [6.07, 6.45) is 4.77. The van der Waals surface area contributed by atoms with E-state index in [0.717, 1.165) is 18.2 Å². The minimum atomic E-state index is -1.46. The average Bonchev–Trinajstić information content (AvgIpc) is 2.79. The molecule has 31 heavy (non-hydrogen) atoms. The van der Waals surface area contributed by atoms with Crippen LogP contribution in [0.25, 0.3) is 0 Å². The third kappa shape index (κ3) is 5.83. The fourth-order valence-electron chi connectivity index (χ4n) is 3.84. The van der Waals surface area contributed by atoms with Crippen LogP contribution >= 0.6 is 0 Å². The number of carbonyl (C=O) groups is 2. The molecule has 1 aliphatic heterocycles. The Kier molecular flexibility index (Phi) is 7.65. The first-order chi connectivity index (χ1) is 14.9. The van der Waals surface area contributed by atoms with Crippen LogP contribution in [0, 0.1) is 23.4 Å². The minimum Gasteiger partial charge on any atom is -0.345 e. The molecule has 166 valence electrons. The number of nitrogens with zero attached hydrogens (tertiary/aromatic N) is 3. The molecule has 1 saturated heterocycles. The second-order valence-electron chi connectivity index (χ2n) is 7.90. The lowest BCUT2D eigenvalue weighted by molar-refractivity contribution is -0.130. The number of piperidine rings is 1. The fourth-order valence-corrected chi connectivity index (χ4v) is 3.84. The van der Waals surface area contributed by atoms with E-state index in [9.17, 15) is 22.8 Å². The van der Waals surface area contributed by atoms with Gasteiger partial charge in [0.2, 0.25) is 5.91 Å². The molecule has 0 bridgehead atoms. The van der Waals surface area contributed by atoms with Gasteiger partial charge in [0, 0.05) is 51.4 Å². The van der Waals surface area contributed by atoms with Gasteiger partial charge in [0.25, 0.3) is 5.91 Å². The molecule has 1 fully saturated rings. The van der Waals surface area contributed by atoms with Crippen molar-refractivity contribution in [2.45, 2.75) is 32.1 Å². The van der Waals surface area contributed by atoms with Crippen LogP contribution < -0.4 is 0 Å². The number of hydrogen-bond donors (Lipinski definition) is 0. The zero-order chi connectivity index (χ0) is 22.4. The highest BCUT2D eigenvalue weighted by molar-refractivity contribution is 5.94. The Morgan fingerprint density at radius 3 is 2.68 bits per heavy atom. The molecule has 1 aliphatic rings. The molecule has 0 N–H and O–H groups in total. The van der Waals surface area contributed by atoms with Crippen molar-refractivity contribution in [3.05, 3.63) is 65.2 Å². The van der Waals surface area contributed by atoms with Crippen LogP contribution in [0.1, 0.15) is 41.7 Å². The van der Waals surface area contributed by atoms with Crippen molar-refractivity contribution < 1.29 is 22.8 Å². The first kappa shape index (κ1) is 22.8. The lowest BCUT2D eigenvalue weighted by atomic mass is 9.92. The van der Waals surface area contributed by atoms with Gasteiger partial charge in [-0.25, -0.2) is 13.2 Å². The molecule has 2 aromatic rings. The number of benzene rings is 1. The first-order valence-electron chi connectivity index (χ1n) is 10.4. The van der Waals surface area contributed by atoms with Crippen LogP contribution in [0.2, 0.25) is 0 Å². The largest absolute Gasteiger partial charge is 0.345 e. The molecule has 0 unspecified atom stereocenters. The van der Waals surface area contributed by atoms with Gasteiger partial charge in [-0.3, -0.25) is 14.6 Å².